The Balaban J connectivity index is 0.00000590. The molecule has 0 aliphatic heterocycles. The number of likely N-dealkylation sites (N-methyl/N-ethyl adjacent to an activating group) is 2. The molecular weight excluding hydrogens is 560 g/mol. The number of carbonyl (C=O) groups excluding carboxylic acids is 4. The Hall–Kier alpha value is -3.56. The van der Waals surface area contributed by atoms with Gasteiger partial charge < -0.3 is 25.4 Å². The maximum atomic E-state index is 14.1. The molecule has 1 aromatic carbocycles. The van der Waals surface area contributed by atoms with Crippen molar-refractivity contribution in [2.24, 2.45) is 5.41 Å². The van der Waals surface area contributed by atoms with Crippen LogP contribution in [0, 0.1) is 5.41 Å². The minimum absolute atomic E-state index is 0.141. The molecule has 0 aliphatic rings. The van der Waals surface area contributed by atoms with Crippen LogP contribution >= 0.6 is 0 Å². The number of hydrogen-bond acceptors (Lipinski definition) is 7. The second-order valence-corrected chi connectivity index (χ2v) is 13.7. The molecule has 0 aromatic heterocycles. The number of nitrogens with two attached hydrogens (primary N) is 1. The maximum absolute atomic E-state index is 14.1. The van der Waals surface area contributed by atoms with Crippen molar-refractivity contribution < 1.29 is 28.7 Å². The van der Waals surface area contributed by atoms with Crippen molar-refractivity contribution in [2.75, 3.05) is 33.0 Å². The topological polar surface area (TPSA) is 131 Å². The van der Waals surface area contributed by atoms with Gasteiger partial charge in [-0.3, -0.25) is 14.5 Å². The number of nitrogens with zero attached hydrogens (tertiary/aromatic N) is 2. The van der Waals surface area contributed by atoms with Gasteiger partial charge in [-0.25, -0.2) is 9.59 Å². The molecule has 0 radical (unpaired) electrons. The normalized spacial score (nSPS) is 13.5. The van der Waals surface area contributed by atoms with Gasteiger partial charge in [-0.2, -0.15) is 0 Å². The third kappa shape index (κ3) is 12.6. The first-order valence-electron chi connectivity index (χ1n) is 15.3. The highest BCUT2D eigenvalue weighted by molar-refractivity contribution is 5.93. The highest BCUT2D eigenvalue weighted by Crippen LogP contribution is 2.33. The third-order valence-corrected chi connectivity index (χ3v) is 6.68. The van der Waals surface area contributed by atoms with Crippen molar-refractivity contribution in [1.29, 1.82) is 0 Å². The summed E-state index contributed by atoms with van der Waals surface area (Å²) in [5.74, 6) is -1.32. The number of esters is 1. The lowest BCUT2D eigenvalue weighted by molar-refractivity contribution is -0.140. The molecule has 0 bridgehead atoms. The van der Waals surface area contributed by atoms with Gasteiger partial charge in [0.25, 0.3) is 0 Å². The predicted molar refractivity (Wildman–Crippen MR) is 177 cm³/mol. The maximum Gasteiger partial charge on any atom is 0.410 e. The van der Waals surface area contributed by atoms with E-state index in [2.05, 4.69) is 19.2 Å². The van der Waals surface area contributed by atoms with E-state index in [1.54, 1.807) is 65.9 Å². The monoisotopic (exact) mass is 618 g/mol. The van der Waals surface area contributed by atoms with Gasteiger partial charge in [-0.1, -0.05) is 73.1 Å². The number of ether oxygens (including phenoxy) is 2. The summed E-state index contributed by atoms with van der Waals surface area (Å²) in [5, 5.41) is 2.93. The van der Waals surface area contributed by atoms with Crippen LogP contribution in [0.25, 0.3) is 0 Å². The van der Waals surface area contributed by atoms with E-state index in [1.165, 1.54) is 23.3 Å². The first-order valence-corrected chi connectivity index (χ1v) is 15.3. The Labute approximate surface area is 265 Å². The number of amides is 3. The van der Waals surface area contributed by atoms with Gasteiger partial charge >= 0.3 is 12.1 Å². The van der Waals surface area contributed by atoms with Crippen molar-refractivity contribution in [3.63, 3.8) is 0 Å². The number of rotatable bonds is 10. The van der Waals surface area contributed by atoms with Crippen molar-refractivity contribution in [1.82, 2.24) is 15.1 Å². The van der Waals surface area contributed by atoms with E-state index in [4.69, 9.17) is 15.2 Å². The summed E-state index contributed by atoms with van der Waals surface area (Å²) in [6.07, 6.45) is 2.18. The van der Waals surface area contributed by atoms with Crippen LogP contribution in [0.4, 0.5) is 10.5 Å². The molecule has 0 spiro atoms. The molecule has 0 saturated carbocycles. The lowest BCUT2D eigenvalue weighted by atomic mass is 9.76. The van der Waals surface area contributed by atoms with E-state index >= 15 is 0 Å². The molecule has 2 unspecified atom stereocenters. The highest BCUT2D eigenvalue weighted by Gasteiger charge is 2.45. The van der Waals surface area contributed by atoms with Gasteiger partial charge in [0.2, 0.25) is 11.8 Å². The summed E-state index contributed by atoms with van der Waals surface area (Å²) in [7, 11) is 3.11. The number of nitrogen functional groups attached to an aromatic ring is 1. The average Bonchev–Trinajstić information content (AvgIpc) is 2.88. The zero-order chi connectivity index (χ0) is 34.6. The molecule has 250 valence electrons. The van der Waals surface area contributed by atoms with Crippen LogP contribution in [-0.4, -0.2) is 78.6 Å². The predicted octanol–water partition coefficient (Wildman–Crippen LogP) is 5.70. The molecule has 10 nitrogen and oxygen atoms in total. The zero-order valence-corrected chi connectivity index (χ0v) is 29.6. The van der Waals surface area contributed by atoms with Gasteiger partial charge in [-0.15, -0.1) is 0 Å². The molecule has 1 aromatic rings. The zero-order valence-electron chi connectivity index (χ0n) is 29.6. The van der Waals surface area contributed by atoms with Gasteiger partial charge in [0.1, 0.15) is 17.7 Å². The molecule has 3 N–H and O–H groups in total. The molecule has 2 atom stereocenters. The van der Waals surface area contributed by atoms with Crippen LogP contribution in [0.5, 0.6) is 0 Å². The van der Waals surface area contributed by atoms with Gasteiger partial charge in [0.05, 0.1) is 6.61 Å². The smallest absolute Gasteiger partial charge is 0.410 e. The van der Waals surface area contributed by atoms with E-state index < -0.39 is 46.5 Å². The number of nitrogens with one attached hydrogen (secondary N) is 1. The quantitative estimate of drug-likeness (QED) is 0.195. The summed E-state index contributed by atoms with van der Waals surface area (Å²) in [5.41, 5.74) is 5.30. The van der Waals surface area contributed by atoms with Crippen LogP contribution in [0.1, 0.15) is 95.1 Å². The Bertz CT molecular complexity index is 1150. The van der Waals surface area contributed by atoms with Crippen molar-refractivity contribution >= 4 is 29.6 Å². The van der Waals surface area contributed by atoms with Gasteiger partial charge in [0.15, 0.2) is 0 Å². The molecule has 1 rings (SSSR count). The van der Waals surface area contributed by atoms with Crippen molar-refractivity contribution in [3.05, 3.63) is 41.5 Å². The second kappa shape index (κ2) is 17.1. The molecule has 0 saturated heterocycles. The number of benzene rings is 1. The molecule has 0 heterocycles. The first-order chi connectivity index (χ1) is 20.0. The van der Waals surface area contributed by atoms with Crippen LogP contribution in [-0.2, 0) is 29.3 Å². The minimum atomic E-state index is -1.06. The number of hydrogen-bond donors (Lipinski definition) is 2. The SMILES string of the molecule is CCC.CCOC(=O)/C(C)=C/CN(C)C(=O)C(NC(=O)C(N(C)C(=O)OC(C)(C)C)C(C)(C)c1cccc(N)c1)C(C)(C)C. The van der Waals surface area contributed by atoms with E-state index in [9.17, 15) is 19.2 Å². The van der Waals surface area contributed by atoms with Crippen LogP contribution in [0.3, 0.4) is 0 Å². The third-order valence-electron chi connectivity index (χ3n) is 6.68. The van der Waals surface area contributed by atoms with Crippen LogP contribution < -0.4 is 11.1 Å². The Morgan fingerprint density at radius 1 is 0.977 bits per heavy atom. The lowest BCUT2D eigenvalue weighted by Crippen LogP contribution is -2.62. The standard InChI is InChI=1S/C31H50N4O6.C3H8/c1-13-40-27(38)20(2)17-18-34(11)26(37)23(29(3,4)5)33-25(36)24(35(12)28(39)41-30(6,7)8)31(9,10)21-15-14-16-22(32)19-21;1-3-2/h14-17,19,23-24H,13,18,32H2,1-12H3,(H,33,36);3H2,1-2H3/b20-17+;. The van der Waals surface area contributed by atoms with E-state index in [-0.39, 0.29) is 19.1 Å². The molecule has 10 heteroatoms. The summed E-state index contributed by atoms with van der Waals surface area (Å²) < 4.78 is 10.6. The number of anilines is 1. The van der Waals surface area contributed by atoms with E-state index in [0.717, 1.165) is 5.56 Å². The largest absolute Gasteiger partial charge is 0.463 e. The molecule has 3 amide bonds. The fourth-order valence-electron chi connectivity index (χ4n) is 4.31. The van der Waals surface area contributed by atoms with E-state index in [1.807, 2.05) is 40.7 Å². The molecule has 0 fully saturated rings. The second-order valence-electron chi connectivity index (χ2n) is 13.7. The van der Waals surface area contributed by atoms with Crippen LogP contribution in [0.2, 0.25) is 0 Å². The minimum Gasteiger partial charge on any atom is -0.463 e. The Morgan fingerprint density at radius 3 is 1.98 bits per heavy atom. The van der Waals surface area contributed by atoms with Crippen molar-refractivity contribution in [3.8, 4) is 0 Å². The highest BCUT2D eigenvalue weighted by atomic mass is 16.6. The summed E-state index contributed by atoms with van der Waals surface area (Å²) in [4.78, 5) is 55.7. The summed E-state index contributed by atoms with van der Waals surface area (Å²) in [6.45, 7) is 22.5. The molecular formula is C34H58N4O6. The van der Waals surface area contributed by atoms with Gasteiger partial charge in [-0.05, 0) is 57.7 Å². The number of carbonyl (C=O) groups is 4. The van der Waals surface area contributed by atoms with Gasteiger partial charge in [0, 0.05) is 37.3 Å². The van der Waals surface area contributed by atoms with E-state index in [0.29, 0.717) is 11.3 Å². The molecule has 0 aliphatic carbocycles. The average molecular weight is 619 g/mol. The lowest BCUT2D eigenvalue weighted by Gasteiger charge is -2.42. The fourth-order valence-corrected chi connectivity index (χ4v) is 4.31. The fraction of sp³-hybridized carbons (Fsp3) is 0.647. The summed E-state index contributed by atoms with van der Waals surface area (Å²) >= 11 is 0. The Kier molecular flexibility index (Phi) is 15.7. The molecule has 44 heavy (non-hydrogen) atoms. The van der Waals surface area contributed by atoms with Crippen molar-refractivity contribution in [2.45, 2.75) is 113 Å². The summed E-state index contributed by atoms with van der Waals surface area (Å²) in [6, 6.07) is 5.14. The van der Waals surface area contributed by atoms with Crippen LogP contribution in [0.15, 0.2) is 35.9 Å². The Morgan fingerprint density at radius 2 is 1.52 bits per heavy atom. The first kappa shape index (κ1) is 40.4.